The van der Waals surface area contributed by atoms with E-state index < -0.39 is 5.97 Å². The largest absolute Gasteiger partial charge is 0.476 e. The molecular formula is C15H19N3O2. The lowest BCUT2D eigenvalue weighted by atomic mass is 9.96. The third-order valence-electron chi connectivity index (χ3n) is 4.17. The Morgan fingerprint density at radius 2 is 2.05 bits per heavy atom. The van der Waals surface area contributed by atoms with Crippen LogP contribution >= 0.6 is 0 Å². The van der Waals surface area contributed by atoms with Crippen molar-refractivity contribution in [1.82, 2.24) is 14.3 Å². The molecule has 1 saturated heterocycles. The molecule has 0 aromatic carbocycles. The van der Waals surface area contributed by atoms with Crippen molar-refractivity contribution in [3.05, 3.63) is 35.4 Å². The van der Waals surface area contributed by atoms with Crippen molar-refractivity contribution >= 4 is 11.5 Å². The van der Waals surface area contributed by atoms with E-state index in [-0.39, 0.29) is 5.69 Å². The van der Waals surface area contributed by atoms with E-state index in [9.17, 15) is 9.90 Å². The van der Waals surface area contributed by atoms with Gasteiger partial charge in [-0.3, -0.25) is 4.40 Å². The molecule has 1 N–H and O–H groups in total. The first kappa shape index (κ1) is 13.1. The minimum atomic E-state index is -0.952. The summed E-state index contributed by atoms with van der Waals surface area (Å²) in [4.78, 5) is 18.1. The van der Waals surface area contributed by atoms with Gasteiger partial charge in [0, 0.05) is 11.6 Å². The maximum atomic E-state index is 11.4. The van der Waals surface area contributed by atoms with E-state index in [4.69, 9.17) is 0 Å². The molecule has 0 unspecified atom stereocenters. The van der Waals surface area contributed by atoms with Crippen LogP contribution in [0.2, 0.25) is 0 Å². The third-order valence-corrected chi connectivity index (χ3v) is 4.17. The fourth-order valence-corrected chi connectivity index (χ4v) is 3.03. The first-order valence-electron chi connectivity index (χ1n) is 6.97. The summed E-state index contributed by atoms with van der Waals surface area (Å²) in [6, 6.07) is 5.72. The van der Waals surface area contributed by atoms with Crippen LogP contribution in [-0.2, 0) is 0 Å². The number of hydrogen-bond acceptors (Lipinski definition) is 3. The molecule has 2 aromatic rings. The topological polar surface area (TPSA) is 57.8 Å². The van der Waals surface area contributed by atoms with Crippen molar-refractivity contribution in [3.8, 4) is 0 Å². The van der Waals surface area contributed by atoms with E-state index in [1.807, 2.05) is 29.5 Å². The SMILES string of the molecule is Cc1cccc2c(C(=O)O)nc(C3CCN(C)CC3)n12. The van der Waals surface area contributed by atoms with E-state index >= 15 is 0 Å². The van der Waals surface area contributed by atoms with Crippen molar-refractivity contribution in [2.45, 2.75) is 25.7 Å². The Balaban J connectivity index is 2.13. The highest BCUT2D eigenvalue weighted by atomic mass is 16.4. The maximum Gasteiger partial charge on any atom is 0.356 e. The van der Waals surface area contributed by atoms with Crippen LogP contribution in [0.15, 0.2) is 18.2 Å². The number of likely N-dealkylation sites (tertiary alicyclic amines) is 1. The summed E-state index contributed by atoms with van der Waals surface area (Å²) in [7, 11) is 2.12. The highest BCUT2D eigenvalue weighted by Gasteiger charge is 2.26. The molecule has 0 amide bonds. The lowest BCUT2D eigenvalue weighted by Crippen LogP contribution is -2.30. The Morgan fingerprint density at radius 3 is 2.70 bits per heavy atom. The summed E-state index contributed by atoms with van der Waals surface area (Å²) in [5, 5.41) is 9.34. The number of carbonyl (C=O) groups is 1. The standard InChI is InChI=1S/C15H19N3O2/c1-10-4-3-5-12-13(15(19)20)16-14(18(10)12)11-6-8-17(2)9-7-11/h3-5,11H,6-9H2,1-2H3,(H,19,20). The Morgan fingerprint density at radius 1 is 1.35 bits per heavy atom. The second-order valence-electron chi connectivity index (χ2n) is 5.59. The van der Waals surface area contributed by atoms with Gasteiger partial charge in [0.25, 0.3) is 0 Å². The van der Waals surface area contributed by atoms with Gasteiger partial charge in [-0.1, -0.05) is 6.07 Å². The van der Waals surface area contributed by atoms with Gasteiger partial charge in [0.1, 0.15) is 5.82 Å². The highest BCUT2D eigenvalue weighted by Crippen LogP contribution is 2.29. The fourth-order valence-electron chi connectivity index (χ4n) is 3.03. The predicted molar refractivity (Wildman–Crippen MR) is 76.4 cm³/mol. The maximum absolute atomic E-state index is 11.4. The molecule has 0 spiro atoms. The van der Waals surface area contributed by atoms with Crippen molar-refractivity contribution in [2.24, 2.45) is 0 Å². The van der Waals surface area contributed by atoms with Crippen LogP contribution < -0.4 is 0 Å². The van der Waals surface area contributed by atoms with Gasteiger partial charge >= 0.3 is 5.97 Å². The van der Waals surface area contributed by atoms with E-state index in [0.29, 0.717) is 11.4 Å². The Bertz CT molecular complexity index is 654. The van der Waals surface area contributed by atoms with E-state index in [1.54, 1.807) is 0 Å². The Kier molecular flexibility index (Phi) is 3.22. The second kappa shape index (κ2) is 4.90. The summed E-state index contributed by atoms with van der Waals surface area (Å²) >= 11 is 0. The number of aryl methyl sites for hydroxylation is 1. The van der Waals surface area contributed by atoms with Gasteiger partial charge in [-0.15, -0.1) is 0 Å². The molecule has 3 heterocycles. The highest BCUT2D eigenvalue weighted by molar-refractivity contribution is 5.93. The third kappa shape index (κ3) is 2.08. The van der Waals surface area contributed by atoms with Crippen LogP contribution in [0.5, 0.6) is 0 Å². The zero-order chi connectivity index (χ0) is 14.3. The molecule has 0 bridgehead atoms. The number of carboxylic acid groups (broad SMARTS) is 1. The molecule has 3 rings (SSSR count). The van der Waals surface area contributed by atoms with Crippen LogP contribution in [0.1, 0.15) is 40.8 Å². The summed E-state index contributed by atoms with van der Waals surface area (Å²) in [5.41, 5.74) is 1.91. The van der Waals surface area contributed by atoms with Gasteiger partial charge in [-0.05, 0) is 52.0 Å². The number of piperidine rings is 1. The first-order chi connectivity index (χ1) is 9.58. The minimum Gasteiger partial charge on any atom is -0.476 e. The van der Waals surface area contributed by atoms with Crippen molar-refractivity contribution < 1.29 is 9.90 Å². The number of aromatic carboxylic acids is 1. The molecule has 1 aliphatic rings. The number of hydrogen-bond donors (Lipinski definition) is 1. The van der Waals surface area contributed by atoms with Crippen LogP contribution in [0.3, 0.4) is 0 Å². The van der Waals surface area contributed by atoms with Crippen molar-refractivity contribution in [2.75, 3.05) is 20.1 Å². The molecule has 1 aliphatic heterocycles. The average Bonchev–Trinajstić information content (AvgIpc) is 2.81. The summed E-state index contributed by atoms with van der Waals surface area (Å²) in [5.74, 6) is 0.295. The molecule has 106 valence electrons. The molecule has 0 saturated carbocycles. The monoisotopic (exact) mass is 273 g/mol. The van der Waals surface area contributed by atoms with E-state index in [2.05, 4.69) is 16.9 Å². The number of rotatable bonds is 2. The smallest absolute Gasteiger partial charge is 0.356 e. The number of nitrogens with zero attached hydrogens (tertiary/aromatic N) is 3. The fraction of sp³-hybridized carbons (Fsp3) is 0.467. The molecule has 2 aromatic heterocycles. The number of imidazole rings is 1. The van der Waals surface area contributed by atoms with Gasteiger partial charge in [-0.25, -0.2) is 9.78 Å². The quantitative estimate of drug-likeness (QED) is 0.911. The molecule has 0 aliphatic carbocycles. The van der Waals surface area contributed by atoms with Gasteiger partial charge in [0.05, 0.1) is 5.52 Å². The molecular weight excluding hydrogens is 254 g/mol. The molecule has 0 radical (unpaired) electrons. The summed E-state index contributed by atoms with van der Waals surface area (Å²) < 4.78 is 2.01. The zero-order valence-corrected chi connectivity index (χ0v) is 11.8. The Hall–Kier alpha value is -1.88. The normalized spacial score (nSPS) is 17.7. The van der Waals surface area contributed by atoms with Crippen molar-refractivity contribution in [1.29, 1.82) is 0 Å². The molecule has 20 heavy (non-hydrogen) atoms. The molecule has 0 atom stereocenters. The number of carboxylic acids is 1. The summed E-state index contributed by atoms with van der Waals surface area (Å²) in [6.07, 6.45) is 2.06. The van der Waals surface area contributed by atoms with Gasteiger partial charge in [0.15, 0.2) is 5.69 Å². The minimum absolute atomic E-state index is 0.169. The van der Waals surface area contributed by atoms with Crippen LogP contribution in [0.4, 0.5) is 0 Å². The number of fused-ring (bicyclic) bond motifs is 1. The van der Waals surface area contributed by atoms with E-state index in [0.717, 1.165) is 37.4 Å². The zero-order valence-electron chi connectivity index (χ0n) is 11.8. The van der Waals surface area contributed by atoms with Crippen LogP contribution in [0.25, 0.3) is 5.52 Å². The van der Waals surface area contributed by atoms with E-state index in [1.165, 1.54) is 0 Å². The van der Waals surface area contributed by atoms with Gasteiger partial charge < -0.3 is 10.0 Å². The summed E-state index contributed by atoms with van der Waals surface area (Å²) in [6.45, 7) is 4.07. The number of aromatic nitrogens is 2. The van der Waals surface area contributed by atoms with Gasteiger partial charge in [-0.2, -0.15) is 0 Å². The Labute approximate surface area is 117 Å². The van der Waals surface area contributed by atoms with Gasteiger partial charge in [0.2, 0.25) is 0 Å². The van der Waals surface area contributed by atoms with Crippen molar-refractivity contribution in [3.63, 3.8) is 0 Å². The molecule has 5 heteroatoms. The molecule has 1 fully saturated rings. The first-order valence-corrected chi connectivity index (χ1v) is 6.97. The molecule has 5 nitrogen and oxygen atoms in total. The number of pyridine rings is 1. The average molecular weight is 273 g/mol. The van der Waals surface area contributed by atoms with Crippen LogP contribution in [0, 0.1) is 6.92 Å². The lowest BCUT2D eigenvalue weighted by molar-refractivity contribution is 0.0693. The second-order valence-corrected chi connectivity index (χ2v) is 5.59. The lowest BCUT2D eigenvalue weighted by Gasteiger charge is -2.28. The predicted octanol–water partition coefficient (Wildman–Crippen LogP) is 2.15. The van der Waals surface area contributed by atoms with Crippen LogP contribution in [-0.4, -0.2) is 45.5 Å².